The number of hydrogen-bond donors (Lipinski definition) is 0. The first-order chi connectivity index (χ1) is 15.1. The first-order valence-electron chi connectivity index (χ1n) is 14.8. The second-order valence-corrected chi connectivity index (χ2v) is 19.1. The molecule has 0 rings (SSSR count). The molecule has 0 aliphatic heterocycles. The van der Waals surface area contributed by atoms with Crippen molar-refractivity contribution in [1.82, 2.24) is 0 Å². The molecule has 0 aliphatic rings. The molecule has 33 heavy (non-hydrogen) atoms. The van der Waals surface area contributed by atoms with Gasteiger partial charge in [0.25, 0.3) is 0 Å². The fourth-order valence-corrected chi connectivity index (χ4v) is 12.1. The predicted molar refractivity (Wildman–Crippen MR) is 156 cm³/mol. The van der Waals surface area contributed by atoms with Crippen LogP contribution in [0.4, 0.5) is 0 Å². The third-order valence-corrected chi connectivity index (χ3v) is 11.4. The summed E-state index contributed by atoms with van der Waals surface area (Å²) in [6.07, 6.45) is 19.8. The van der Waals surface area contributed by atoms with Crippen LogP contribution in [0.1, 0.15) is 173 Å². The van der Waals surface area contributed by atoms with Crippen molar-refractivity contribution in [2.75, 3.05) is 0 Å². The van der Waals surface area contributed by atoms with Crippen LogP contribution in [0.3, 0.4) is 0 Å². The van der Waals surface area contributed by atoms with Gasteiger partial charge in [0.15, 0.2) is 0 Å². The molecule has 0 aliphatic carbocycles. The standard InChI is InChI=1S/C32H66Se/c1-13-15-17-19-21-23-25-27(29(3,4)5)31(9,10)33-32(11,12)28(30(6,7)8)26-24-22-20-18-16-14-2/h27-28H,13-26H2,1-12H3. The van der Waals surface area contributed by atoms with E-state index >= 15 is 0 Å². The first-order valence-corrected chi connectivity index (χ1v) is 16.5. The summed E-state index contributed by atoms with van der Waals surface area (Å²) in [6.45, 7) is 30.2. The van der Waals surface area contributed by atoms with E-state index in [1.807, 2.05) is 0 Å². The summed E-state index contributed by atoms with van der Waals surface area (Å²) in [5.74, 6) is 1.62. The average Bonchev–Trinajstić information content (AvgIpc) is 2.63. The quantitative estimate of drug-likeness (QED) is 0.122. The van der Waals surface area contributed by atoms with Crippen molar-refractivity contribution in [3.63, 3.8) is 0 Å². The molecular formula is C32H66Se. The molecule has 0 aromatic heterocycles. The fraction of sp³-hybridized carbons (Fsp3) is 1.00. The van der Waals surface area contributed by atoms with E-state index in [2.05, 4.69) is 83.1 Å². The summed E-state index contributed by atoms with van der Waals surface area (Å²) in [7, 11) is 0. The zero-order valence-electron chi connectivity index (χ0n) is 25.5. The summed E-state index contributed by atoms with van der Waals surface area (Å²) in [6, 6.07) is 0. The molecule has 0 N–H and O–H groups in total. The second-order valence-electron chi connectivity index (χ2n) is 14.3. The predicted octanol–water partition coefficient (Wildman–Crippen LogP) is 11.9. The van der Waals surface area contributed by atoms with Crippen molar-refractivity contribution in [2.24, 2.45) is 22.7 Å². The van der Waals surface area contributed by atoms with Crippen molar-refractivity contribution < 1.29 is 0 Å². The molecule has 0 saturated carbocycles. The number of unbranched alkanes of at least 4 members (excludes halogenated alkanes) is 10. The third kappa shape index (κ3) is 14.0. The van der Waals surface area contributed by atoms with Gasteiger partial charge in [0.1, 0.15) is 0 Å². The molecule has 0 aromatic rings. The van der Waals surface area contributed by atoms with Gasteiger partial charge in [-0.3, -0.25) is 0 Å². The topological polar surface area (TPSA) is 0 Å². The van der Waals surface area contributed by atoms with Crippen molar-refractivity contribution in [3.05, 3.63) is 0 Å². The van der Waals surface area contributed by atoms with Crippen LogP contribution < -0.4 is 0 Å². The summed E-state index contributed by atoms with van der Waals surface area (Å²) >= 11 is 0.611. The Morgan fingerprint density at radius 3 is 0.970 bits per heavy atom. The Labute approximate surface area is 218 Å². The van der Waals surface area contributed by atoms with Gasteiger partial charge in [-0.2, -0.15) is 0 Å². The van der Waals surface area contributed by atoms with Crippen LogP contribution in [0.25, 0.3) is 0 Å². The SMILES string of the molecule is CCCCCCCCC(C(C)(C)C)C(C)(C)[Se]C(C)(C)C(CCCCCCCC)C(C)(C)C. The molecule has 2 unspecified atom stereocenters. The van der Waals surface area contributed by atoms with Gasteiger partial charge in [-0.1, -0.05) is 0 Å². The van der Waals surface area contributed by atoms with Gasteiger partial charge >= 0.3 is 219 Å². The van der Waals surface area contributed by atoms with E-state index < -0.39 is 0 Å². The van der Waals surface area contributed by atoms with Crippen LogP contribution in [0.15, 0.2) is 0 Å². The van der Waals surface area contributed by atoms with Gasteiger partial charge in [0.2, 0.25) is 0 Å². The van der Waals surface area contributed by atoms with E-state index in [-0.39, 0.29) is 0 Å². The van der Waals surface area contributed by atoms with Crippen LogP contribution in [0.5, 0.6) is 0 Å². The minimum atomic E-state index is 0.390. The van der Waals surface area contributed by atoms with Crippen molar-refractivity contribution in [2.45, 2.75) is 182 Å². The molecule has 0 radical (unpaired) electrons. The normalized spacial score (nSPS) is 15.6. The Hall–Kier alpha value is 0.519. The van der Waals surface area contributed by atoms with Crippen molar-refractivity contribution in [1.29, 1.82) is 0 Å². The van der Waals surface area contributed by atoms with Gasteiger partial charge in [-0.25, -0.2) is 0 Å². The molecular weight excluding hydrogens is 463 g/mol. The van der Waals surface area contributed by atoms with Crippen LogP contribution >= 0.6 is 0 Å². The van der Waals surface area contributed by atoms with E-state index in [0.717, 1.165) is 11.8 Å². The number of hydrogen-bond acceptors (Lipinski definition) is 0. The molecule has 0 heterocycles. The van der Waals surface area contributed by atoms with E-state index in [9.17, 15) is 0 Å². The van der Waals surface area contributed by atoms with E-state index in [0.29, 0.717) is 34.4 Å². The van der Waals surface area contributed by atoms with Crippen LogP contribution in [0, 0.1) is 22.7 Å². The van der Waals surface area contributed by atoms with Crippen LogP contribution in [-0.2, 0) is 0 Å². The molecule has 0 bridgehead atoms. The van der Waals surface area contributed by atoms with Gasteiger partial charge in [0.05, 0.1) is 0 Å². The molecule has 200 valence electrons. The molecule has 0 nitrogen and oxygen atoms in total. The minimum absolute atomic E-state index is 0.390. The van der Waals surface area contributed by atoms with Crippen LogP contribution in [0.2, 0.25) is 8.63 Å². The van der Waals surface area contributed by atoms with Gasteiger partial charge in [-0.05, 0) is 0 Å². The van der Waals surface area contributed by atoms with Crippen molar-refractivity contribution >= 4 is 15.0 Å². The third-order valence-electron chi connectivity index (χ3n) is 7.99. The Balaban J connectivity index is 5.23. The maximum atomic E-state index is 2.63. The van der Waals surface area contributed by atoms with E-state index in [1.165, 1.54) is 89.9 Å². The molecule has 0 amide bonds. The van der Waals surface area contributed by atoms with Crippen LogP contribution in [-0.4, -0.2) is 15.0 Å². The fourth-order valence-electron chi connectivity index (χ4n) is 6.72. The molecule has 1 heteroatoms. The van der Waals surface area contributed by atoms with E-state index in [4.69, 9.17) is 0 Å². The van der Waals surface area contributed by atoms with E-state index in [1.54, 1.807) is 0 Å². The zero-order chi connectivity index (χ0) is 25.8. The summed E-state index contributed by atoms with van der Waals surface area (Å²) in [5, 5.41) is 0. The van der Waals surface area contributed by atoms with Gasteiger partial charge in [-0.15, -0.1) is 0 Å². The monoisotopic (exact) mass is 530 g/mol. The Kier molecular flexibility index (Phi) is 15.8. The molecule has 0 fully saturated rings. The molecule has 0 saturated heterocycles. The Bertz CT molecular complexity index is 430. The van der Waals surface area contributed by atoms with Gasteiger partial charge in [0, 0.05) is 0 Å². The molecule has 2 atom stereocenters. The summed E-state index contributed by atoms with van der Waals surface area (Å²) < 4.78 is 0.867. The Morgan fingerprint density at radius 2 is 0.697 bits per heavy atom. The first kappa shape index (κ1) is 33.5. The molecule has 0 aromatic carbocycles. The zero-order valence-corrected chi connectivity index (χ0v) is 27.2. The average molecular weight is 530 g/mol. The molecule has 0 spiro atoms. The maximum absolute atomic E-state index is 2.63. The van der Waals surface area contributed by atoms with Crippen molar-refractivity contribution in [3.8, 4) is 0 Å². The Morgan fingerprint density at radius 1 is 0.424 bits per heavy atom. The second kappa shape index (κ2) is 15.6. The summed E-state index contributed by atoms with van der Waals surface area (Å²) in [4.78, 5) is 0. The van der Waals surface area contributed by atoms with Gasteiger partial charge < -0.3 is 0 Å². The summed E-state index contributed by atoms with van der Waals surface area (Å²) in [5.41, 5.74) is 0.780. The number of rotatable bonds is 18.